The summed E-state index contributed by atoms with van der Waals surface area (Å²) in [6.07, 6.45) is 7.45. The molecule has 2 aromatic heterocycles. The molecule has 0 saturated carbocycles. The molecule has 0 spiro atoms. The van der Waals surface area contributed by atoms with Crippen LogP contribution in [0.3, 0.4) is 0 Å². The number of para-hydroxylation sites is 1. The Balaban J connectivity index is 1.75. The molecule has 0 radical (unpaired) electrons. The number of H-pyrrole nitrogens is 1. The molecule has 28 heavy (non-hydrogen) atoms. The zero-order valence-corrected chi connectivity index (χ0v) is 15.7. The van der Waals surface area contributed by atoms with Crippen LogP contribution in [0, 0.1) is 0 Å². The molecule has 144 valence electrons. The van der Waals surface area contributed by atoms with Gasteiger partial charge in [0.05, 0.1) is 30.1 Å². The van der Waals surface area contributed by atoms with Gasteiger partial charge in [0, 0.05) is 18.4 Å². The van der Waals surface area contributed by atoms with Gasteiger partial charge in [-0.25, -0.2) is 9.97 Å². The summed E-state index contributed by atoms with van der Waals surface area (Å²) in [4.78, 5) is 24.5. The third kappa shape index (κ3) is 3.25. The number of hydrogen-bond donors (Lipinski definition) is 3. The van der Waals surface area contributed by atoms with Gasteiger partial charge in [0.25, 0.3) is 0 Å². The molecule has 0 aliphatic carbocycles. The van der Waals surface area contributed by atoms with Crippen LogP contribution < -0.4 is 15.8 Å². The van der Waals surface area contributed by atoms with Crippen molar-refractivity contribution in [3.05, 3.63) is 54.5 Å². The molecule has 1 fully saturated rings. The topological polar surface area (TPSA) is 106 Å². The van der Waals surface area contributed by atoms with E-state index in [4.69, 9.17) is 10.5 Å². The number of imidazole rings is 1. The Morgan fingerprint density at radius 1 is 1.32 bits per heavy atom. The molecular formula is C21H23N5O2. The van der Waals surface area contributed by atoms with Crippen LogP contribution in [-0.4, -0.2) is 34.5 Å². The number of pyridine rings is 1. The van der Waals surface area contributed by atoms with Crippen LogP contribution in [-0.2, 0) is 10.3 Å². The zero-order chi connectivity index (χ0) is 19.6. The van der Waals surface area contributed by atoms with Gasteiger partial charge >= 0.3 is 0 Å². The van der Waals surface area contributed by atoms with Gasteiger partial charge in [-0.2, -0.15) is 0 Å². The SMILES string of the molecule is COc1nc2ccccc2cc1-c1cnc(C2(C/C=C/CN)CCC(=O)N2)[nH]1. The monoisotopic (exact) mass is 377 g/mol. The first kappa shape index (κ1) is 18.2. The number of aromatic nitrogens is 3. The predicted octanol–water partition coefficient (Wildman–Crippen LogP) is 2.64. The van der Waals surface area contributed by atoms with E-state index in [1.54, 1.807) is 13.3 Å². The summed E-state index contributed by atoms with van der Waals surface area (Å²) in [7, 11) is 1.61. The number of hydrogen-bond acceptors (Lipinski definition) is 5. The highest BCUT2D eigenvalue weighted by Gasteiger charge is 2.40. The van der Waals surface area contributed by atoms with E-state index in [2.05, 4.69) is 20.3 Å². The Kier molecular flexibility index (Phi) is 4.83. The third-order valence-corrected chi connectivity index (χ3v) is 5.13. The Morgan fingerprint density at radius 3 is 2.93 bits per heavy atom. The minimum absolute atomic E-state index is 0.0315. The molecule has 4 rings (SSSR count). The van der Waals surface area contributed by atoms with Crippen LogP contribution in [0.4, 0.5) is 0 Å². The van der Waals surface area contributed by atoms with Crippen LogP contribution in [0.15, 0.2) is 48.7 Å². The van der Waals surface area contributed by atoms with Gasteiger partial charge in [-0.15, -0.1) is 0 Å². The Hall–Kier alpha value is -3.19. The van der Waals surface area contributed by atoms with Crippen molar-refractivity contribution in [3.8, 4) is 17.1 Å². The smallest absolute Gasteiger partial charge is 0.223 e. The molecule has 0 bridgehead atoms. The Morgan fingerprint density at radius 2 is 2.18 bits per heavy atom. The first-order valence-corrected chi connectivity index (χ1v) is 9.31. The van der Waals surface area contributed by atoms with Crippen LogP contribution in [0.5, 0.6) is 5.88 Å². The average molecular weight is 377 g/mol. The molecule has 1 atom stereocenters. The summed E-state index contributed by atoms with van der Waals surface area (Å²) >= 11 is 0. The molecule has 1 aromatic carbocycles. The third-order valence-electron chi connectivity index (χ3n) is 5.13. The Bertz CT molecular complexity index is 1040. The van der Waals surface area contributed by atoms with E-state index < -0.39 is 5.54 Å². The lowest BCUT2D eigenvalue weighted by molar-refractivity contribution is -0.119. The highest BCUT2D eigenvalue weighted by molar-refractivity contribution is 5.85. The van der Waals surface area contributed by atoms with E-state index in [-0.39, 0.29) is 5.91 Å². The van der Waals surface area contributed by atoms with Gasteiger partial charge in [-0.1, -0.05) is 30.4 Å². The minimum Gasteiger partial charge on any atom is -0.480 e. The van der Waals surface area contributed by atoms with Crippen molar-refractivity contribution in [2.24, 2.45) is 5.73 Å². The van der Waals surface area contributed by atoms with E-state index in [9.17, 15) is 4.79 Å². The van der Waals surface area contributed by atoms with E-state index in [1.165, 1.54) is 0 Å². The minimum atomic E-state index is -0.543. The molecule has 1 aliphatic heterocycles. The number of amides is 1. The van der Waals surface area contributed by atoms with Crippen LogP contribution in [0.2, 0.25) is 0 Å². The highest BCUT2D eigenvalue weighted by atomic mass is 16.5. The van der Waals surface area contributed by atoms with E-state index in [0.29, 0.717) is 31.7 Å². The first-order valence-electron chi connectivity index (χ1n) is 9.31. The van der Waals surface area contributed by atoms with Crippen molar-refractivity contribution < 1.29 is 9.53 Å². The van der Waals surface area contributed by atoms with Crippen molar-refractivity contribution in [1.29, 1.82) is 0 Å². The summed E-state index contributed by atoms with van der Waals surface area (Å²) in [6, 6.07) is 9.92. The number of nitrogens with two attached hydrogens (primary N) is 1. The van der Waals surface area contributed by atoms with Gasteiger partial charge in [0.2, 0.25) is 11.8 Å². The lowest BCUT2D eigenvalue weighted by atomic mass is 9.92. The number of nitrogens with one attached hydrogen (secondary N) is 2. The van der Waals surface area contributed by atoms with Crippen molar-refractivity contribution in [2.75, 3.05) is 13.7 Å². The summed E-state index contributed by atoms with van der Waals surface area (Å²) in [5.74, 6) is 1.29. The van der Waals surface area contributed by atoms with Crippen LogP contribution in [0.1, 0.15) is 25.1 Å². The summed E-state index contributed by atoms with van der Waals surface area (Å²) < 4.78 is 5.51. The fourth-order valence-corrected chi connectivity index (χ4v) is 3.68. The molecule has 1 aliphatic rings. The van der Waals surface area contributed by atoms with Crippen molar-refractivity contribution in [1.82, 2.24) is 20.3 Å². The molecule has 7 nitrogen and oxygen atoms in total. The number of benzene rings is 1. The maximum atomic E-state index is 12.0. The molecule has 3 aromatic rings. The number of nitrogens with zero attached hydrogens (tertiary/aromatic N) is 2. The van der Waals surface area contributed by atoms with E-state index >= 15 is 0 Å². The van der Waals surface area contributed by atoms with Crippen molar-refractivity contribution in [3.63, 3.8) is 0 Å². The summed E-state index contributed by atoms with van der Waals surface area (Å²) in [5, 5.41) is 4.11. The molecular weight excluding hydrogens is 354 g/mol. The maximum absolute atomic E-state index is 12.0. The second-order valence-corrected chi connectivity index (χ2v) is 6.92. The number of fused-ring (bicyclic) bond motifs is 1. The maximum Gasteiger partial charge on any atom is 0.223 e. The van der Waals surface area contributed by atoms with Crippen molar-refractivity contribution >= 4 is 16.8 Å². The number of carbonyl (C=O) groups is 1. The highest BCUT2D eigenvalue weighted by Crippen LogP contribution is 2.36. The molecule has 7 heteroatoms. The molecule has 3 heterocycles. The van der Waals surface area contributed by atoms with Crippen LogP contribution >= 0.6 is 0 Å². The normalized spacial score (nSPS) is 19.4. The van der Waals surface area contributed by atoms with E-state index in [0.717, 1.165) is 28.0 Å². The number of ether oxygens (including phenoxy) is 1. The first-order chi connectivity index (χ1) is 13.6. The Labute approximate surface area is 163 Å². The molecule has 4 N–H and O–H groups in total. The number of aromatic amines is 1. The fraction of sp³-hybridized carbons (Fsp3) is 0.286. The van der Waals surface area contributed by atoms with Gasteiger partial charge in [-0.3, -0.25) is 4.79 Å². The molecule has 1 unspecified atom stereocenters. The summed E-state index contributed by atoms with van der Waals surface area (Å²) in [6.45, 7) is 0.466. The molecule has 1 saturated heterocycles. The molecule has 1 amide bonds. The van der Waals surface area contributed by atoms with Crippen molar-refractivity contribution in [2.45, 2.75) is 24.8 Å². The lowest BCUT2D eigenvalue weighted by Crippen LogP contribution is -2.39. The number of methoxy groups -OCH3 is 1. The fourth-order valence-electron chi connectivity index (χ4n) is 3.68. The summed E-state index contributed by atoms with van der Waals surface area (Å²) in [5.41, 5.74) is 7.52. The van der Waals surface area contributed by atoms with Gasteiger partial charge < -0.3 is 20.8 Å². The van der Waals surface area contributed by atoms with Gasteiger partial charge in [0.15, 0.2) is 0 Å². The standard InChI is InChI=1S/C21H23N5O2/c1-28-19-15(12-14-6-2-3-7-16(14)24-19)17-13-23-20(25-17)21(9-4-5-11-22)10-8-18(27)26-21/h2-7,12-13H,8-11,22H2,1H3,(H,23,25)(H,26,27)/b5-4+. The lowest BCUT2D eigenvalue weighted by Gasteiger charge is -2.25. The number of carbonyl (C=O) groups excluding carboxylic acids is 1. The zero-order valence-electron chi connectivity index (χ0n) is 15.7. The second kappa shape index (κ2) is 7.44. The average Bonchev–Trinajstić information content (AvgIpc) is 3.35. The van der Waals surface area contributed by atoms with E-state index in [1.807, 2.05) is 42.5 Å². The van der Waals surface area contributed by atoms with Gasteiger partial charge in [0.1, 0.15) is 11.4 Å². The quantitative estimate of drug-likeness (QED) is 0.573. The number of rotatable bonds is 6. The largest absolute Gasteiger partial charge is 0.480 e. The second-order valence-electron chi connectivity index (χ2n) is 6.92. The van der Waals surface area contributed by atoms with Gasteiger partial charge in [-0.05, 0) is 25.0 Å². The van der Waals surface area contributed by atoms with Crippen LogP contribution in [0.25, 0.3) is 22.2 Å². The predicted molar refractivity (Wildman–Crippen MR) is 108 cm³/mol.